The van der Waals surface area contributed by atoms with E-state index >= 15 is 0 Å². The summed E-state index contributed by atoms with van der Waals surface area (Å²) in [6, 6.07) is 8.56. The maximum atomic E-state index is 4.19. The van der Waals surface area contributed by atoms with Crippen LogP contribution in [-0.2, 0) is 12.5 Å². The SMILES string of the molecule is Cc1nnc(-c2ccc(C(C)(C)C)cc2)n1C. The topological polar surface area (TPSA) is 30.7 Å². The summed E-state index contributed by atoms with van der Waals surface area (Å²) in [5, 5.41) is 8.27. The molecule has 0 amide bonds. The van der Waals surface area contributed by atoms with Crippen molar-refractivity contribution >= 4 is 0 Å². The fraction of sp³-hybridized carbons (Fsp3) is 0.429. The molecule has 2 rings (SSSR count). The normalized spacial score (nSPS) is 11.8. The van der Waals surface area contributed by atoms with Gasteiger partial charge < -0.3 is 4.57 Å². The van der Waals surface area contributed by atoms with Gasteiger partial charge in [-0.2, -0.15) is 0 Å². The monoisotopic (exact) mass is 229 g/mol. The lowest BCUT2D eigenvalue weighted by atomic mass is 9.87. The van der Waals surface area contributed by atoms with E-state index < -0.39 is 0 Å². The van der Waals surface area contributed by atoms with Crippen LogP contribution in [0.3, 0.4) is 0 Å². The van der Waals surface area contributed by atoms with E-state index in [-0.39, 0.29) is 5.41 Å². The van der Waals surface area contributed by atoms with E-state index in [9.17, 15) is 0 Å². The van der Waals surface area contributed by atoms with Crippen molar-refractivity contribution < 1.29 is 0 Å². The second-order valence-electron chi connectivity index (χ2n) is 5.46. The third kappa shape index (κ3) is 2.23. The first-order chi connectivity index (χ1) is 7.89. The molecular formula is C14H19N3. The van der Waals surface area contributed by atoms with Crippen molar-refractivity contribution in [2.24, 2.45) is 7.05 Å². The second kappa shape index (κ2) is 3.99. The summed E-state index contributed by atoms with van der Waals surface area (Å²) >= 11 is 0. The molecule has 0 atom stereocenters. The van der Waals surface area contributed by atoms with Gasteiger partial charge in [0.2, 0.25) is 0 Å². The minimum atomic E-state index is 0.189. The molecule has 0 fully saturated rings. The molecule has 0 aliphatic rings. The van der Waals surface area contributed by atoms with Crippen molar-refractivity contribution in [3.8, 4) is 11.4 Å². The highest BCUT2D eigenvalue weighted by atomic mass is 15.3. The number of nitrogens with zero attached hydrogens (tertiary/aromatic N) is 3. The zero-order valence-electron chi connectivity index (χ0n) is 11.2. The summed E-state index contributed by atoms with van der Waals surface area (Å²) < 4.78 is 2.01. The quantitative estimate of drug-likeness (QED) is 0.752. The fourth-order valence-corrected chi connectivity index (χ4v) is 1.78. The molecule has 1 aromatic heterocycles. The Morgan fingerprint density at radius 3 is 2.00 bits per heavy atom. The number of rotatable bonds is 1. The van der Waals surface area contributed by atoms with Crippen molar-refractivity contribution in [3.63, 3.8) is 0 Å². The van der Waals surface area contributed by atoms with Crippen LogP contribution in [0.25, 0.3) is 11.4 Å². The van der Waals surface area contributed by atoms with Gasteiger partial charge in [0.1, 0.15) is 5.82 Å². The molecule has 0 aliphatic heterocycles. The van der Waals surface area contributed by atoms with Crippen LogP contribution in [0.15, 0.2) is 24.3 Å². The predicted molar refractivity (Wildman–Crippen MR) is 69.9 cm³/mol. The third-order valence-corrected chi connectivity index (χ3v) is 3.10. The summed E-state index contributed by atoms with van der Waals surface area (Å²) in [6.07, 6.45) is 0. The summed E-state index contributed by atoms with van der Waals surface area (Å²) in [5.74, 6) is 1.85. The van der Waals surface area contributed by atoms with Crippen LogP contribution < -0.4 is 0 Å². The Morgan fingerprint density at radius 2 is 1.59 bits per heavy atom. The molecule has 3 heteroatoms. The van der Waals surface area contributed by atoms with Crippen molar-refractivity contribution in [3.05, 3.63) is 35.7 Å². The maximum Gasteiger partial charge on any atom is 0.163 e. The van der Waals surface area contributed by atoms with E-state index in [2.05, 4.69) is 55.2 Å². The number of benzene rings is 1. The van der Waals surface area contributed by atoms with Crippen molar-refractivity contribution in [1.29, 1.82) is 0 Å². The van der Waals surface area contributed by atoms with Crippen LogP contribution >= 0.6 is 0 Å². The largest absolute Gasteiger partial charge is 0.314 e. The molecule has 17 heavy (non-hydrogen) atoms. The molecular weight excluding hydrogens is 210 g/mol. The van der Waals surface area contributed by atoms with E-state index in [1.165, 1.54) is 5.56 Å². The molecule has 1 heterocycles. The molecule has 0 spiro atoms. The third-order valence-electron chi connectivity index (χ3n) is 3.10. The van der Waals surface area contributed by atoms with Gasteiger partial charge in [0, 0.05) is 12.6 Å². The van der Waals surface area contributed by atoms with E-state index in [4.69, 9.17) is 0 Å². The molecule has 90 valence electrons. The Hall–Kier alpha value is -1.64. The summed E-state index contributed by atoms with van der Waals surface area (Å²) in [6.45, 7) is 8.61. The average molecular weight is 229 g/mol. The molecule has 1 aromatic carbocycles. The number of aromatic nitrogens is 3. The van der Waals surface area contributed by atoms with E-state index in [0.717, 1.165) is 17.2 Å². The Balaban J connectivity index is 2.40. The first kappa shape index (κ1) is 11.8. The molecule has 0 bridgehead atoms. The molecule has 2 aromatic rings. The van der Waals surface area contributed by atoms with Crippen LogP contribution in [0.2, 0.25) is 0 Å². The Kier molecular flexibility index (Phi) is 2.77. The number of hydrogen-bond donors (Lipinski definition) is 0. The van der Waals surface area contributed by atoms with E-state index in [0.29, 0.717) is 0 Å². The first-order valence-electron chi connectivity index (χ1n) is 5.86. The van der Waals surface area contributed by atoms with Gasteiger partial charge in [-0.25, -0.2) is 0 Å². The van der Waals surface area contributed by atoms with Crippen LogP contribution in [0.5, 0.6) is 0 Å². The molecule has 3 nitrogen and oxygen atoms in total. The van der Waals surface area contributed by atoms with Crippen LogP contribution in [0.4, 0.5) is 0 Å². The van der Waals surface area contributed by atoms with Gasteiger partial charge in [0.15, 0.2) is 5.82 Å². The van der Waals surface area contributed by atoms with Gasteiger partial charge in [-0.3, -0.25) is 0 Å². The smallest absolute Gasteiger partial charge is 0.163 e. The number of aryl methyl sites for hydroxylation is 1. The lowest BCUT2D eigenvalue weighted by Crippen LogP contribution is -2.10. The standard InChI is InChI=1S/C14H19N3/c1-10-15-16-13(17(10)5)11-6-8-12(9-7-11)14(2,3)4/h6-9H,1-5H3. The minimum Gasteiger partial charge on any atom is -0.314 e. The average Bonchev–Trinajstić information content (AvgIpc) is 2.59. The van der Waals surface area contributed by atoms with Gasteiger partial charge >= 0.3 is 0 Å². The Morgan fingerprint density at radius 1 is 1.00 bits per heavy atom. The molecule has 0 unspecified atom stereocenters. The lowest BCUT2D eigenvalue weighted by Gasteiger charge is -2.19. The highest BCUT2D eigenvalue weighted by molar-refractivity contribution is 5.56. The predicted octanol–water partition coefficient (Wildman–Crippen LogP) is 3.09. The van der Waals surface area contributed by atoms with E-state index in [1.807, 2.05) is 18.5 Å². The van der Waals surface area contributed by atoms with Gasteiger partial charge in [-0.05, 0) is 17.9 Å². The Labute approximate surface area is 103 Å². The van der Waals surface area contributed by atoms with Crippen LogP contribution in [-0.4, -0.2) is 14.8 Å². The summed E-state index contributed by atoms with van der Waals surface area (Å²) in [7, 11) is 1.99. The minimum absolute atomic E-state index is 0.189. The van der Waals surface area contributed by atoms with Crippen molar-refractivity contribution in [2.75, 3.05) is 0 Å². The van der Waals surface area contributed by atoms with E-state index in [1.54, 1.807) is 0 Å². The zero-order chi connectivity index (χ0) is 12.6. The molecule has 0 aliphatic carbocycles. The van der Waals surface area contributed by atoms with Crippen molar-refractivity contribution in [1.82, 2.24) is 14.8 Å². The Bertz CT molecular complexity index is 515. The molecule has 0 N–H and O–H groups in total. The molecule has 0 radical (unpaired) electrons. The molecule has 0 saturated carbocycles. The highest BCUT2D eigenvalue weighted by Crippen LogP contribution is 2.25. The zero-order valence-corrected chi connectivity index (χ0v) is 11.2. The van der Waals surface area contributed by atoms with Gasteiger partial charge in [0.05, 0.1) is 0 Å². The second-order valence-corrected chi connectivity index (χ2v) is 5.46. The van der Waals surface area contributed by atoms with Gasteiger partial charge in [-0.15, -0.1) is 10.2 Å². The summed E-state index contributed by atoms with van der Waals surface area (Å²) in [4.78, 5) is 0. The van der Waals surface area contributed by atoms with Gasteiger partial charge in [0.25, 0.3) is 0 Å². The maximum absolute atomic E-state index is 4.19. The lowest BCUT2D eigenvalue weighted by molar-refractivity contribution is 0.590. The van der Waals surface area contributed by atoms with Crippen molar-refractivity contribution in [2.45, 2.75) is 33.1 Å². The highest BCUT2D eigenvalue weighted by Gasteiger charge is 2.14. The van der Waals surface area contributed by atoms with Crippen LogP contribution in [0, 0.1) is 6.92 Å². The summed E-state index contributed by atoms with van der Waals surface area (Å²) in [5.41, 5.74) is 2.63. The van der Waals surface area contributed by atoms with Gasteiger partial charge in [-0.1, -0.05) is 45.0 Å². The molecule has 0 saturated heterocycles. The first-order valence-corrected chi connectivity index (χ1v) is 5.86. The number of hydrogen-bond acceptors (Lipinski definition) is 2. The van der Waals surface area contributed by atoms with Crippen LogP contribution in [0.1, 0.15) is 32.2 Å². The fourth-order valence-electron chi connectivity index (χ4n) is 1.78.